The summed E-state index contributed by atoms with van der Waals surface area (Å²) in [6, 6.07) is 11.9. The van der Waals surface area contributed by atoms with E-state index in [-0.39, 0.29) is 12.2 Å². The number of nitrogens with zero attached hydrogens (tertiary/aromatic N) is 5. The summed E-state index contributed by atoms with van der Waals surface area (Å²) in [4.78, 5) is 28.3. The van der Waals surface area contributed by atoms with Crippen LogP contribution in [0.15, 0.2) is 61.3 Å². The molecule has 7 nitrogen and oxygen atoms in total. The van der Waals surface area contributed by atoms with Gasteiger partial charge in [0, 0.05) is 54.7 Å². The number of ether oxygens (including phenoxy) is 1. The van der Waals surface area contributed by atoms with E-state index in [9.17, 15) is 4.79 Å². The second-order valence-corrected chi connectivity index (χ2v) is 7.73. The molecule has 1 aliphatic heterocycles. The lowest BCUT2D eigenvalue weighted by Crippen LogP contribution is -2.36. The lowest BCUT2D eigenvalue weighted by molar-refractivity contribution is 0.0992. The summed E-state index contributed by atoms with van der Waals surface area (Å²) < 4.78 is 7.39. The monoisotopic (exact) mass is 413 g/mol. The van der Waals surface area contributed by atoms with E-state index >= 15 is 0 Å². The van der Waals surface area contributed by atoms with Crippen molar-refractivity contribution in [1.29, 1.82) is 0 Å². The van der Waals surface area contributed by atoms with Crippen molar-refractivity contribution in [1.82, 2.24) is 19.5 Å². The number of aromatic nitrogens is 4. The summed E-state index contributed by atoms with van der Waals surface area (Å²) in [5.41, 5.74) is 3.54. The average Bonchev–Trinajstić information content (AvgIpc) is 3.25. The minimum atomic E-state index is 0.0338. The van der Waals surface area contributed by atoms with Crippen LogP contribution in [0.5, 0.6) is 0 Å². The number of hydrogen-bond acceptors (Lipinski definition) is 6. The Hall–Kier alpha value is -3.58. The van der Waals surface area contributed by atoms with E-state index < -0.39 is 0 Å². The average molecular weight is 413 g/mol. The number of aryl methyl sites for hydroxylation is 1. The van der Waals surface area contributed by atoms with Crippen LogP contribution in [0.3, 0.4) is 0 Å². The standard InChI is InChI=1S/C24H23N5O2/c1-28-16-25-15-22(28)17-2-3-19-14-27-21(11-20(19)10-17)13-23(30)18-4-5-26-24(12-18)29-6-8-31-9-7-29/h2-5,10-12,14-16H,6-9,13H2,1H3. The first kappa shape index (κ1) is 19.4. The highest BCUT2D eigenvalue weighted by atomic mass is 16.5. The Morgan fingerprint density at radius 1 is 1.03 bits per heavy atom. The molecule has 7 heteroatoms. The summed E-state index contributed by atoms with van der Waals surface area (Å²) in [6.45, 7) is 2.94. The maximum Gasteiger partial charge on any atom is 0.169 e. The maximum atomic E-state index is 13.0. The summed E-state index contributed by atoms with van der Waals surface area (Å²) >= 11 is 0. The molecule has 0 aliphatic carbocycles. The van der Waals surface area contributed by atoms with Gasteiger partial charge in [0.25, 0.3) is 0 Å². The van der Waals surface area contributed by atoms with E-state index in [1.54, 1.807) is 18.6 Å². The van der Waals surface area contributed by atoms with Gasteiger partial charge in [-0.2, -0.15) is 0 Å². The van der Waals surface area contributed by atoms with Crippen molar-refractivity contribution in [2.24, 2.45) is 7.05 Å². The van der Waals surface area contributed by atoms with Crippen LogP contribution in [-0.4, -0.2) is 51.6 Å². The first-order chi connectivity index (χ1) is 15.2. The summed E-state index contributed by atoms with van der Waals surface area (Å²) in [6.07, 6.45) is 7.42. The number of rotatable bonds is 5. The molecule has 1 saturated heterocycles. The van der Waals surface area contributed by atoms with Gasteiger partial charge in [-0.05, 0) is 29.7 Å². The zero-order valence-corrected chi connectivity index (χ0v) is 17.4. The van der Waals surface area contributed by atoms with Gasteiger partial charge in [0.05, 0.1) is 37.9 Å². The minimum Gasteiger partial charge on any atom is -0.378 e. The van der Waals surface area contributed by atoms with Crippen LogP contribution in [0.2, 0.25) is 0 Å². The largest absolute Gasteiger partial charge is 0.378 e. The number of pyridine rings is 2. The van der Waals surface area contributed by atoms with Gasteiger partial charge in [-0.3, -0.25) is 9.78 Å². The van der Waals surface area contributed by atoms with Gasteiger partial charge in [-0.1, -0.05) is 12.1 Å². The first-order valence-corrected chi connectivity index (χ1v) is 10.3. The number of benzene rings is 1. The quantitative estimate of drug-likeness (QED) is 0.468. The van der Waals surface area contributed by atoms with Gasteiger partial charge >= 0.3 is 0 Å². The third-order valence-corrected chi connectivity index (χ3v) is 5.64. The summed E-state index contributed by atoms with van der Waals surface area (Å²) in [5, 5.41) is 2.10. The fourth-order valence-corrected chi connectivity index (χ4v) is 3.90. The second kappa shape index (κ2) is 8.28. The Morgan fingerprint density at radius 3 is 2.71 bits per heavy atom. The molecule has 1 fully saturated rings. The molecular formula is C24H23N5O2. The molecule has 0 bridgehead atoms. The number of imidazole rings is 1. The molecule has 4 aromatic rings. The van der Waals surface area contributed by atoms with Crippen LogP contribution in [0.1, 0.15) is 16.1 Å². The molecule has 1 aromatic carbocycles. The van der Waals surface area contributed by atoms with E-state index in [4.69, 9.17) is 4.74 Å². The molecule has 0 unspecified atom stereocenters. The van der Waals surface area contributed by atoms with Crippen molar-refractivity contribution in [2.75, 3.05) is 31.2 Å². The van der Waals surface area contributed by atoms with Crippen molar-refractivity contribution < 1.29 is 9.53 Å². The van der Waals surface area contributed by atoms with E-state index in [2.05, 4.69) is 32.0 Å². The molecule has 0 saturated carbocycles. The van der Waals surface area contributed by atoms with Crippen molar-refractivity contribution in [2.45, 2.75) is 6.42 Å². The van der Waals surface area contributed by atoms with Crippen LogP contribution in [-0.2, 0) is 18.2 Å². The minimum absolute atomic E-state index is 0.0338. The summed E-state index contributed by atoms with van der Waals surface area (Å²) in [5.74, 6) is 0.855. The Kier molecular flexibility index (Phi) is 5.18. The van der Waals surface area contributed by atoms with Crippen molar-refractivity contribution in [3.8, 4) is 11.3 Å². The third kappa shape index (κ3) is 4.04. The van der Waals surface area contributed by atoms with Gasteiger partial charge in [0.1, 0.15) is 5.82 Å². The van der Waals surface area contributed by atoms with Crippen LogP contribution in [0.25, 0.3) is 22.0 Å². The Labute approximate surface area is 180 Å². The molecule has 0 atom stereocenters. The lowest BCUT2D eigenvalue weighted by Gasteiger charge is -2.27. The number of ketones is 1. The Balaban J connectivity index is 1.38. The zero-order chi connectivity index (χ0) is 21.2. The molecule has 4 heterocycles. The number of fused-ring (bicyclic) bond motifs is 1. The van der Waals surface area contributed by atoms with Crippen molar-refractivity contribution >= 4 is 22.4 Å². The zero-order valence-electron chi connectivity index (χ0n) is 17.4. The van der Waals surface area contributed by atoms with E-state index in [0.717, 1.165) is 46.6 Å². The Morgan fingerprint density at radius 2 is 1.90 bits per heavy atom. The SMILES string of the molecule is Cn1cncc1-c1ccc2cnc(CC(=O)c3ccnc(N4CCOCC4)c3)cc2c1. The third-order valence-electron chi connectivity index (χ3n) is 5.64. The maximum absolute atomic E-state index is 13.0. The molecule has 1 aliphatic rings. The van der Waals surface area contributed by atoms with Gasteiger partial charge in [-0.15, -0.1) is 0 Å². The molecule has 31 heavy (non-hydrogen) atoms. The topological polar surface area (TPSA) is 73.1 Å². The van der Waals surface area contributed by atoms with E-state index in [1.807, 2.05) is 42.2 Å². The highest BCUT2D eigenvalue weighted by molar-refractivity contribution is 5.98. The number of hydrogen-bond donors (Lipinski definition) is 0. The molecular weight excluding hydrogens is 390 g/mol. The molecule has 0 spiro atoms. The van der Waals surface area contributed by atoms with Crippen LogP contribution in [0, 0.1) is 0 Å². The molecule has 0 amide bonds. The molecule has 3 aromatic heterocycles. The first-order valence-electron chi connectivity index (χ1n) is 10.3. The second-order valence-electron chi connectivity index (χ2n) is 7.73. The molecule has 5 rings (SSSR count). The van der Waals surface area contributed by atoms with Gasteiger partial charge < -0.3 is 14.2 Å². The predicted molar refractivity (Wildman–Crippen MR) is 119 cm³/mol. The number of Topliss-reactive ketones (excluding diaryl/α,β-unsaturated/α-hetero) is 1. The van der Waals surface area contributed by atoms with Crippen LogP contribution >= 0.6 is 0 Å². The highest BCUT2D eigenvalue weighted by Gasteiger charge is 2.15. The number of anilines is 1. The predicted octanol–water partition coefficient (Wildman–Crippen LogP) is 3.29. The molecule has 156 valence electrons. The van der Waals surface area contributed by atoms with Crippen LogP contribution < -0.4 is 4.90 Å². The fraction of sp³-hybridized carbons (Fsp3) is 0.250. The fourth-order valence-electron chi connectivity index (χ4n) is 3.90. The molecule has 0 radical (unpaired) electrons. The van der Waals surface area contributed by atoms with Gasteiger partial charge in [0.15, 0.2) is 5.78 Å². The van der Waals surface area contributed by atoms with Crippen LogP contribution in [0.4, 0.5) is 5.82 Å². The van der Waals surface area contributed by atoms with E-state index in [0.29, 0.717) is 18.8 Å². The number of morpholine rings is 1. The van der Waals surface area contributed by atoms with Gasteiger partial charge in [0.2, 0.25) is 0 Å². The normalized spacial score (nSPS) is 14.2. The number of carbonyl (C=O) groups is 1. The van der Waals surface area contributed by atoms with Gasteiger partial charge in [-0.25, -0.2) is 9.97 Å². The molecule has 0 N–H and O–H groups in total. The number of carbonyl (C=O) groups excluding carboxylic acids is 1. The highest BCUT2D eigenvalue weighted by Crippen LogP contribution is 2.24. The van der Waals surface area contributed by atoms with Crippen molar-refractivity contribution in [3.63, 3.8) is 0 Å². The van der Waals surface area contributed by atoms with Crippen molar-refractivity contribution in [3.05, 3.63) is 72.6 Å². The smallest absolute Gasteiger partial charge is 0.169 e. The Bertz CT molecular complexity index is 1240. The summed E-state index contributed by atoms with van der Waals surface area (Å²) in [7, 11) is 1.98. The lowest BCUT2D eigenvalue weighted by atomic mass is 10.0. The van der Waals surface area contributed by atoms with E-state index in [1.165, 1.54) is 0 Å².